The third-order valence-corrected chi connectivity index (χ3v) is 7.09. The molecule has 0 aliphatic heterocycles. The smallest absolute Gasteiger partial charge is 0.251 e. The summed E-state index contributed by atoms with van der Waals surface area (Å²) in [6.45, 7) is 0.528. The minimum Gasteiger partial charge on any atom is -0.495 e. The van der Waals surface area contributed by atoms with Crippen molar-refractivity contribution in [2.75, 3.05) is 33.2 Å². The number of nitrogens with zero attached hydrogens (tertiary/aromatic N) is 2. The fraction of sp³-hybridized carbons (Fsp3) is 0.240. The van der Waals surface area contributed by atoms with Crippen molar-refractivity contribution >= 4 is 21.6 Å². The molecule has 0 saturated heterocycles. The van der Waals surface area contributed by atoms with E-state index in [4.69, 9.17) is 4.74 Å². The van der Waals surface area contributed by atoms with Gasteiger partial charge in [-0.2, -0.15) is 4.31 Å². The molecule has 1 N–H and O–H groups in total. The molecule has 1 amide bonds. The van der Waals surface area contributed by atoms with Gasteiger partial charge in [-0.15, -0.1) is 0 Å². The largest absolute Gasteiger partial charge is 0.495 e. The van der Waals surface area contributed by atoms with Crippen LogP contribution in [0.4, 0.5) is 5.69 Å². The quantitative estimate of drug-likeness (QED) is 0.521. The van der Waals surface area contributed by atoms with Crippen LogP contribution in [0.3, 0.4) is 0 Å². The van der Waals surface area contributed by atoms with E-state index in [1.165, 1.54) is 30.6 Å². The van der Waals surface area contributed by atoms with Crippen LogP contribution in [-0.2, 0) is 23.1 Å². The number of methoxy groups -OCH3 is 1. The highest BCUT2D eigenvalue weighted by Gasteiger charge is 2.26. The second-order valence-corrected chi connectivity index (χ2v) is 9.87. The van der Waals surface area contributed by atoms with E-state index in [1.54, 1.807) is 6.07 Å². The Labute approximate surface area is 195 Å². The number of hydrogen-bond acceptors (Lipinski definition) is 5. The Bertz CT molecular complexity index is 1190. The van der Waals surface area contributed by atoms with Gasteiger partial charge in [0.2, 0.25) is 10.0 Å². The summed E-state index contributed by atoms with van der Waals surface area (Å²) in [6, 6.07) is 21.6. The number of amides is 1. The number of rotatable bonds is 9. The zero-order chi connectivity index (χ0) is 24.0. The maximum absolute atomic E-state index is 13.3. The van der Waals surface area contributed by atoms with Gasteiger partial charge >= 0.3 is 0 Å². The predicted molar refractivity (Wildman–Crippen MR) is 130 cm³/mol. The Morgan fingerprint density at radius 1 is 0.909 bits per heavy atom. The molecular weight excluding hydrogens is 438 g/mol. The summed E-state index contributed by atoms with van der Waals surface area (Å²) in [7, 11) is 2.94. The highest BCUT2D eigenvalue weighted by molar-refractivity contribution is 7.89. The van der Waals surface area contributed by atoms with Crippen molar-refractivity contribution in [2.24, 2.45) is 0 Å². The maximum Gasteiger partial charge on any atom is 0.251 e. The second-order valence-electron chi connectivity index (χ2n) is 7.86. The molecule has 7 nitrogen and oxygen atoms in total. The number of anilines is 1. The minimum absolute atomic E-state index is 0.0496. The number of ether oxygens (including phenoxy) is 1. The molecule has 0 bridgehead atoms. The number of carbonyl (C=O) groups is 1. The van der Waals surface area contributed by atoms with Gasteiger partial charge in [0.25, 0.3) is 5.91 Å². The highest BCUT2D eigenvalue weighted by Crippen LogP contribution is 2.28. The molecule has 0 fully saturated rings. The van der Waals surface area contributed by atoms with E-state index in [1.807, 2.05) is 73.6 Å². The highest BCUT2D eigenvalue weighted by atomic mass is 32.2. The van der Waals surface area contributed by atoms with Crippen LogP contribution < -0.4 is 15.0 Å². The third-order valence-electron chi connectivity index (χ3n) is 5.27. The van der Waals surface area contributed by atoms with Gasteiger partial charge in [0.15, 0.2) is 0 Å². The Hall–Kier alpha value is -3.36. The van der Waals surface area contributed by atoms with Crippen LogP contribution in [0.1, 0.15) is 21.5 Å². The van der Waals surface area contributed by atoms with Crippen molar-refractivity contribution in [3.63, 3.8) is 0 Å². The van der Waals surface area contributed by atoms with Gasteiger partial charge in [-0.1, -0.05) is 42.5 Å². The first-order chi connectivity index (χ1) is 15.7. The summed E-state index contributed by atoms with van der Waals surface area (Å²) < 4.78 is 33.1. The molecule has 3 rings (SSSR count). The van der Waals surface area contributed by atoms with E-state index < -0.39 is 10.0 Å². The molecule has 174 valence electrons. The first-order valence-corrected chi connectivity index (χ1v) is 11.9. The zero-order valence-corrected chi connectivity index (χ0v) is 20.1. The van der Waals surface area contributed by atoms with Crippen molar-refractivity contribution in [1.29, 1.82) is 0 Å². The molecule has 0 atom stereocenters. The summed E-state index contributed by atoms with van der Waals surface area (Å²) in [4.78, 5) is 14.7. The molecular formula is C25H29N3O4S. The number of carbonyl (C=O) groups excluding carboxylic acids is 1. The summed E-state index contributed by atoms with van der Waals surface area (Å²) >= 11 is 0. The lowest BCUT2D eigenvalue weighted by molar-refractivity contribution is 0.0950. The van der Waals surface area contributed by atoms with E-state index >= 15 is 0 Å². The standard InChI is InChI=1S/C25H29N3O4S/c1-27(2)22-13-10-19(11-14-22)17-26-25(29)21-12-15-23(32-4)24(16-21)33(30,31)28(3)18-20-8-6-5-7-9-20/h5-16H,17-18H2,1-4H3,(H,26,29). The normalized spacial score (nSPS) is 11.3. The Morgan fingerprint density at radius 2 is 1.58 bits per heavy atom. The van der Waals surface area contributed by atoms with Gasteiger partial charge in [0.05, 0.1) is 7.11 Å². The molecule has 8 heteroatoms. The van der Waals surface area contributed by atoms with Crippen LogP contribution in [0.5, 0.6) is 5.75 Å². The summed E-state index contributed by atoms with van der Waals surface area (Å²) in [6.07, 6.45) is 0. The van der Waals surface area contributed by atoms with E-state index in [2.05, 4.69) is 5.32 Å². The summed E-state index contributed by atoms with van der Waals surface area (Å²) in [5, 5.41) is 2.85. The number of benzene rings is 3. The molecule has 0 heterocycles. The van der Waals surface area contributed by atoms with Gasteiger partial charge in [-0.05, 0) is 41.5 Å². The number of hydrogen-bond donors (Lipinski definition) is 1. The summed E-state index contributed by atoms with van der Waals surface area (Å²) in [5.41, 5.74) is 3.11. The lowest BCUT2D eigenvalue weighted by atomic mass is 10.1. The molecule has 33 heavy (non-hydrogen) atoms. The van der Waals surface area contributed by atoms with Crippen molar-refractivity contribution in [3.8, 4) is 5.75 Å². The van der Waals surface area contributed by atoms with Gasteiger partial charge in [0, 0.05) is 45.5 Å². The molecule has 0 saturated carbocycles. The van der Waals surface area contributed by atoms with Crippen molar-refractivity contribution in [3.05, 3.63) is 89.5 Å². The predicted octanol–water partition coefficient (Wildman–Crippen LogP) is 3.51. The SMILES string of the molecule is COc1ccc(C(=O)NCc2ccc(N(C)C)cc2)cc1S(=O)(=O)N(C)Cc1ccccc1. The third kappa shape index (κ3) is 5.91. The average molecular weight is 468 g/mol. The zero-order valence-electron chi connectivity index (χ0n) is 19.3. The monoisotopic (exact) mass is 467 g/mol. The molecule has 0 aliphatic carbocycles. The topological polar surface area (TPSA) is 79.0 Å². The van der Waals surface area contributed by atoms with E-state index in [9.17, 15) is 13.2 Å². The van der Waals surface area contributed by atoms with Crippen LogP contribution in [-0.4, -0.2) is 46.9 Å². The Balaban J connectivity index is 1.78. The molecule has 0 radical (unpaired) electrons. The lowest BCUT2D eigenvalue weighted by Crippen LogP contribution is -2.28. The van der Waals surface area contributed by atoms with Gasteiger partial charge in [-0.3, -0.25) is 4.79 Å². The van der Waals surface area contributed by atoms with E-state index in [0.717, 1.165) is 16.8 Å². The minimum atomic E-state index is -3.89. The summed E-state index contributed by atoms with van der Waals surface area (Å²) in [5.74, 6) is -0.178. The molecule has 0 unspecified atom stereocenters. The van der Waals surface area contributed by atoms with Crippen molar-refractivity contribution in [1.82, 2.24) is 9.62 Å². The van der Waals surface area contributed by atoms with Crippen molar-refractivity contribution in [2.45, 2.75) is 18.0 Å². The Morgan fingerprint density at radius 3 is 2.18 bits per heavy atom. The lowest BCUT2D eigenvalue weighted by Gasteiger charge is -2.19. The first-order valence-electron chi connectivity index (χ1n) is 10.4. The van der Waals surface area contributed by atoms with Gasteiger partial charge in [0.1, 0.15) is 10.6 Å². The van der Waals surface area contributed by atoms with Crippen LogP contribution in [0.15, 0.2) is 77.7 Å². The Kier molecular flexibility index (Phi) is 7.73. The van der Waals surface area contributed by atoms with Crippen LogP contribution in [0.25, 0.3) is 0 Å². The molecule has 0 aliphatic rings. The van der Waals surface area contributed by atoms with Crippen LogP contribution in [0, 0.1) is 0 Å². The molecule has 3 aromatic carbocycles. The fourth-order valence-corrected chi connectivity index (χ4v) is 4.65. The number of nitrogens with one attached hydrogen (secondary N) is 1. The van der Waals surface area contributed by atoms with Gasteiger partial charge in [-0.25, -0.2) is 8.42 Å². The first kappa shape index (κ1) is 24.3. The molecule has 0 spiro atoms. The van der Waals surface area contributed by atoms with E-state index in [0.29, 0.717) is 6.54 Å². The fourth-order valence-electron chi connectivity index (χ4n) is 3.31. The van der Waals surface area contributed by atoms with Crippen molar-refractivity contribution < 1.29 is 17.9 Å². The average Bonchev–Trinajstić information content (AvgIpc) is 2.82. The van der Waals surface area contributed by atoms with Gasteiger partial charge < -0.3 is 15.0 Å². The maximum atomic E-state index is 13.3. The molecule has 3 aromatic rings. The van der Waals surface area contributed by atoms with Crippen LogP contribution >= 0.6 is 0 Å². The molecule has 0 aromatic heterocycles. The second kappa shape index (κ2) is 10.5. The number of sulfonamides is 1. The van der Waals surface area contributed by atoms with E-state index in [-0.39, 0.29) is 28.7 Å². The van der Waals surface area contributed by atoms with Crippen LogP contribution in [0.2, 0.25) is 0 Å².